The number of amidine groups is 1. The molecular weight excluding hydrogens is 379 g/mol. The second-order valence-corrected chi connectivity index (χ2v) is 6.68. The second kappa shape index (κ2) is 8.33. The normalized spacial score (nSPS) is 16.7. The van der Waals surface area contributed by atoms with Crippen molar-refractivity contribution in [2.24, 2.45) is 4.99 Å². The number of para-hydroxylation sites is 1. The van der Waals surface area contributed by atoms with E-state index in [1.807, 2.05) is 36.4 Å². The number of rotatable bonds is 2. The van der Waals surface area contributed by atoms with Crippen LogP contribution in [0.4, 0.5) is 5.69 Å². The monoisotopic (exact) mass is 390 g/mol. The molecule has 0 bridgehead atoms. The molecule has 3 aromatic rings. The number of carbonyl (C=O) groups is 1. The standard InChI is InChI=1S/C18H11ClN4OS.Na.H/c19-12-3-1-2-4-13(12)22-18-23-17(24)16(25-18)10-11-5-6-14-15(9-11)21-8-7-20-14;;/h1-10H,(H,22,23,24);;/q;+1;-1/b16-10-;;. The summed E-state index contributed by atoms with van der Waals surface area (Å²) in [6, 6.07) is 12.9. The Morgan fingerprint density at radius 1 is 1.12 bits per heavy atom. The molecule has 1 aromatic heterocycles. The minimum atomic E-state index is -0.185. The van der Waals surface area contributed by atoms with Crippen LogP contribution in [-0.2, 0) is 4.79 Å². The van der Waals surface area contributed by atoms with Gasteiger partial charge in [-0.2, -0.15) is 0 Å². The molecule has 1 aliphatic rings. The van der Waals surface area contributed by atoms with Crippen LogP contribution in [0.15, 0.2) is 64.8 Å². The van der Waals surface area contributed by atoms with Crippen molar-refractivity contribution >= 4 is 57.2 Å². The summed E-state index contributed by atoms with van der Waals surface area (Å²) < 4.78 is 0. The van der Waals surface area contributed by atoms with E-state index in [2.05, 4.69) is 20.3 Å². The maximum Gasteiger partial charge on any atom is 1.00 e. The van der Waals surface area contributed by atoms with Gasteiger partial charge < -0.3 is 6.74 Å². The van der Waals surface area contributed by atoms with E-state index in [4.69, 9.17) is 11.6 Å². The molecule has 124 valence electrons. The zero-order valence-corrected chi connectivity index (χ0v) is 17.4. The largest absolute Gasteiger partial charge is 1.00 e. The summed E-state index contributed by atoms with van der Waals surface area (Å²) >= 11 is 7.38. The van der Waals surface area contributed by atoms with Gasteiger partial charge in [-0.05, 0) is 47.7 Å². The molecule has 0 spiro atoms. The Hall–Kier alpha value is -1.70. The maximum atomic E-state index is 12.2. The average Bonchev–Trinajstić information content (AvgIpc) is 2.96. The number of nitrogens with zero attached hydrogens (tertiary/aromatic N) is 3. The van der Waals surface area contributed by atoms with Gasteiger partial charge >= 0.3 is 29.6 Å². The van der Waals surface area contributed by atoms with Gasteiger partial charge in [0, 0.05) is 12.4 Å². The quantitative estimate of drug-likeness (QED) is 0.529. The molecule has 1 amide bonds. The number of aliphatic imine (C=N–C) groups is 1. The average molecular weight is 391 g/mol. The molecule has 1 N–H and O–H groups in total. The maximum absolute atomic E-state index is 12.2. The van der Waals surface area contributed by atoms with Gasteiger partial charge in [0.15, 0.2) is 5.17 Å². The number of amides is 1. The Balaban J connectivity index is 0.00000131. The van der Waals surface area contributed by atoms with Crippen molar-refractivity contribution in [1.29, 1.82) is 0 Å². The number of halogens is 1. The van der Waals surface area contributed by atoms with Crippen LogP contribution in [0.3, 0.4) is 0 Å². The number of fused-ring (bicyclic) bond motifs is 1. The molecular formula is C18H12ClN4NaOS. The van der Waals surface area contributed by atoms with E-state index < -0.39 is 0 Å². The Kier molecular flexibility index (Phi) is 6.11. The first-order chi connectivity index (χ1) is 12.2. The predicted molar refractivity (Wildman–Crippen MR) is 103 cm³/mol. The summed E-state index contributed by atoms with van der Waals surface area (Å²) in [6.07, 6.45) is 5.10. The number of hydrogen-bond donors (Lipinski definition) is 1. The third-order valence-electron chi connectivity index (χ3n) is 3.52. The van der Waals surface area contributed by atoms with Crippen molar-refractivity contribution in [3.63, 3.8) is 0 Å². The first-order valence-electron chi connectivity index (χ1n) is 7.44. The van der Waals surface area contributed by atoms with Crippen molar-refractivity contribution in [1.82, 2.24) is 15.3 Å². The smallest absolute Gasteiger partial charge is 1.00 e. The summed E-state index contributed by atoms with van der Waals surface area (Å²) in [5, 5.41) is 3.80. The van der Waals surface area contributed by atoms with Crippen LogP contribution < -0.4 is 34.9 Å². The molecule has 8 heteroatoms. The molecule has 1 fully saturated rings. The van der Waals surface area contributed by atoms with Crippen molar-refractivity contribution in [2.75, 3.05) is 0 Å². The Morgan fingerprint density at radius 2 is 1.88 bits per heavy atom. The van der Waals surface area contributed by atoms with Gasteiger partial charge in [0.05, 0.1) is 26.6 Å². The molecule has 4 rings (SSSR count). The molecule has 5 nitrogen and oxygen atoms in total. The minimum Gasteiger partial charge on any atom is -1.00 e. The van der Waals surface area contributed by atoms with E-state index in [1.165, 1.54) is 11.8 Å². The van der Waals surface area contributed by atoms with Crippen molar-refractivity contribution < 1.29 is 35.8 Å². The summed E-state index contributed by atoms with van der Waals surface area (Å²) in [5.41, 5.74) is 3.10. The number of thioether (sulfide) groups is 1. The van der Waals surface area contributed by atoms with E-state index in [0.717, 1.165) is 16.6 Å². The van der Waals surface area contributed by atoms with Crippen LogP contribution in [0, 0.1) is 0 Å². The number of carbonyl (C=O) groups excluding carboxylic acids is 1. The van der Waals surface area contributed by atoms with E-state index in [-0.39, 0.29) is 36.9 Å². The topological polar surface area (TPSA) is 67.2 Å². The molecule has 0 radical (unpaired) electrons. The molecule has 2 aromatic carbocycles. The minimum absolute atomic E-state index is 0. The molecule has 2 heterocycles. The molecule has 1 aliphatic heterocycles. The van der Waals surface area contributed by atoms with Crippen LogP contribution in [-0.4, -0.2) is 21.0 Å². The van der Waals surface area contributed by atoms with E-state index in [1.54, 1.807) is 24.5 Å². The van der Waals surface area contributed by atoms with Gasteiger partial charge in [-0.15, -0.1) is 0 Å². The van der Waals surface area contributed by atoms with Gasteiger partial charge in [-0.1, -0.05) is 29.8 Å². The van der Waals surface area contributed by atoms with E-state index >= 15 is 0 Å². The Bertz CT molecular complexity index is 1060. The molecule has 1 saturated heterocycles. The first kappa shape index (κ1) is 19.1. The van der Waals surface area contributed by atoms with Gasteiger partial charge in [0.25, 0.3) is 5.91 Å². The SMILES string of the molecule is O=C1NC(=Nc2ccccc2Cl)S/C1=C\c1ccc2nccnc2c1.[H-].[Na+]. The third-order valence-corrected chi connectivity index (χ3v) is 4.75. The van der Waals surface area contributed by atoms with E-state index in [0.29, 0.717) is 20.8 Å². The molecule has 0 aliphatic carbocycles. The van der Waals surface area contributed by atoms with Gasteiger partial charge in [-0.25, -0.2) is 4.99 Å². The molecule has 0 unspecified atom stereocenters. The summed E-state index contributed by atoms with van der Waals surface area (Å²) in [6.45, 7) is 0. The van der Waals surface area contributed by atoms with Crippen molar-refractivity contribution in [3.05, 3.63) is 70.3 Å². The van der Waals surface area contributed by atoms with Gasteiger partial charge in [0.1, 0.15) is 0 Å². The molecule has 26 heavy (non-hydrogen) atoms. The number of benzene rings is 2. The van der Waals surface area contributed by atoms with Gasteiger partial charge in [0.2, 0.25) is 0 Å². The summed E-state index contributed by atoms with van der Waals surface area (Å²) in [4.78, 5) is 25.7. The van der Waals surface area contributed by atoms with Crippen molar-refractivity contribution in [2.45, 2.75) is 0 Å². The predicted octanol–water partition coefficient (Wildman–Crippen LogP) is 1.29. The van der Waals surface area contributed by atoms with Crippen LogP contribution >= 0.6 is 23.4 Å². The Morgan fingerprint density at radius 3 is 2.69 bits per heavy atom. The fourth-order valence-corrected chi connectivity index (χ4v) is 3.37. The third kappa shape index (κ3) is 4.16. The fourth-order valence-electron chi connectivity index (χ4n) is 2.35. The summed E-state index contributed by atoms with van der Waals surface area (Å²) in [5.74, 6) is -0.185. The number of aromatic nitrogens is 2. The summed E-state index contributed by atoms with van der Waals surface area (Å²) in [7, 11) is 0. The van der Waals surface area contributed by atoms with Crippen LogP contribution in [0.25, 0.3) is 17.1 Å². The fraction of sp³-hybridized carbons (Fsp3) is 0. The van der Waals surface area contributed by atoms with E-state index in [9.17, 15) is 4.79 Å². The number of nitrogens with one attached hydrogen (secondary N) is 1. The van der Waals surface area contributed by atoms with Crippen molar-refractivity contribution in [3.8, 4) is 0 Å². The van der Waals surface area contributed by atoms with Crippen LogP contribution in [0.5, 0.6) is 0 Å². The zero-order valence-electron chi connectivity index (χ0n) is 14.8. The Labute approximate surface area is 182 Å². The van der Waals surface area contributed by atoms with Crippen LogP contribution in [0.2, 0.25) is 5.02 Å². The zero-order chi connectivity index (χ0) is 17.2. The molecule has 0 atom stereocenters. The van der Waals surface area contributed by atoms with Crippen LogP contribution in [0.1, 0.15) is 6.99 Å². The first-order valence-corrected chi connectivity index (χ1v) is 8.63. The molecule has 0 saturated carbocycles. The number of hydrogen-bond acceptors (Lipinski definition) is 5. The van der Waals surface area contributed by atoms with Gasteiger partial charge in [-0.3, -0.25) is 14.8 Å². The second-order valence-electron chi connectivity index (χ2n) is 5.24.